The molecule has 1 aromatic rings. The van der Waals surface area contributed by atoms with Gasteiger partial charge in [-0.2, -0.15) is 12.6 Å². The molecule has 0 bridgehead atoms. The quantitative estimate of drug-likeness (QED) is 0.634. The van der Waals surface area contributed by atoms with Crippen LogP contribution in [0.5, 0.6) is 5.06 Å². The lowest BCUT2D eigenvalue weighted by molar-refractivity contribution is -0.139. The summed E-state index contributed by atoms with van der Waals surface area (Å²) >= 11 is 5.36. The first kappa shape index (κ1) is 14.1. The third kappa shape index (κ3) is 4.40. The Bertz CT molecular complexity index is 376. The normalized spacial score (nSPS) is 12.2. The summed E-state index contributed by atoms with van der Waals surface area (Å²) in [6.45, 7) is 3.52. The molecule has 0 aliphatic carbocycles. The van der Waals surface area contributed by atoms with E-state index in [9.17, 15) is 9.59 Å². The van der Waals surface area contributed by atoms with Crippen LogP contribution < -0.4 is 10.1 Å². The lowest BCUT2D eigenvalue weighted by Gasteiger charge is -2.16. The molecule has 1 heterocycles. The van der Waals surface area contributed by atoms with Crippen molar-refractivity contribution in [2.45, 2.75) is 19.9 Å². The summed E-state index contributed by atoms with van der Waals surface area (Å²) < 4.78 is 5.10. The SMILES string of the molecule is CC(C)C(=O)N[C@@H](CS)C(=O)Oc1cccs1. The van der Waals surface area contributed by atoms with E-state index in [1.807, 2.05) is 5.38 Å². The number of amides is 1. The largest absolute Gasteiger partial charge is 0.414 e. The zero-order valence-electron chi connectivity index (χ0n) is 9.67. The number of hydrogen-bond acceptors (Lipinski definition) is 5. The topological polar surface area (TPSA) is 55.4 Å². The fraction of sp³-hybridized carbons (Fsp3) is 0.455. The molecule has 1 amide bonds. The number of esters is 1. The van der Waals surface area contributed by atoms with Gasteiger partial charge in [-0.05, 0) is 17.5 Å². The van der Waals surface area contributed by atoms with E-state index in [0.717, 1.165) is 0 Å². The van der Waals surface area contributed by atoms with Crippen molar-refractivity contribution in [3.63, 3.8) is 0 Å². The van der Waals surface area contributed by atoms with Gasteiger partial charge in [-0.15, -0.1) is 11.3 Å². The average Bonchev–Trinajstić information content (AvgIpc) is 2.77. The van der Waals surface area contributed by atoms with E-state index in [1.165, 1.54) is 11.3 Å². The Morgan fingerprint density at radius 2 is 2.24 bits per heavy atom. The monoisotopic (exact) mass is 273 g/mol. The van der Waals surface area contributed by atoms with Gasteiger partial charge in [0.25, 0.3) is 0 Å². The van der Waals surface area contributed by atoms with Crippen molar-refractivity contribution >= 4 is 35.8 Å². The molecule has 17 heavy (non-hydrogen) atoms. The second kappa shape index (κ2) is 6.66. The number of thiophene rings is 1. The van der Waals surface area contributed by atoms with Gasteiger partial charge in [0.15, 0.2) is 5.06 Å². The number of carbonyl (C=O) groups excluding carboxylic acids is 2. The Kier molecular flexibility index (Phi) is 5.50. The van der Waals surface area contributed by atoms with Crippen LogP contribution in [0.1, 0.15) is 13.8 Å². The maximum Gasteiger partial charge on any atom is 0.335 e. The van der Waals surface area contributed by atoms with Crippen molar-refractivity contribution in [3.8, 4) is 5.06 Å². The highest BCUT2D eigenvalue weighted by Crippen LogP contribution is 2.18. The van der Waals surface area contributed by atoms with Crippen LogP contribution in [0.3, 0.4) is 0 Å². The molecule has 1 rings (SSSR count). The van der Waals surface area contributed by atoms with Gasteiger partial charge in [0.05, 0.1) is 0 Å². The summed E-state index contributed by atoms with van der Waals surface area (Å²) in [7, 11) is 0. The summed E-state index contributed by atoms with van der Waals surface area (Å²) in [6, 6.07) is 2.77. The molecular formula is C11H15NO3S2. The van der Waals surface area contributed by atoms with Gasteiger partial charge in [-0.1, -0.05) is 13.8 Å². The van der Waals surface area contributed by atoms with Crippen molar-refractivity contribution < 1.29 is 14.3 Å². The van der Waals surface area contributed by atoms with Gasteiger partial charge in [0.1, 0.15) is 6.04 Å². The zero-order chi connectivity index (χ0) is 12.8. The number of carbonyl (C=O) groups is 2. The second-order valence-electron chi connectivity index (χ2n) is 3.75. The first-order chi connectivity index (χ1) is 8.04. The molecule has 0 aliphatic heterocycles. The molecule has 1 atom stereocenters. The number of rotatable bonds is 5. The molecule has 4 nitrogen and oxygen atoms in total. The second-order valence-corrected chi connectivity index (χ2v) is 5.03. The van der Waals surface area contributed by atoms with E-state index >= 15 is 0 Å². The van der Waals surface area contributed by atoms with Crippen molar-refractivity contribution in [3.05, 3.63) is 17.5 Å². The van der Waals surface area contributed by atoms with E-state index in [4.69, 9.17) is 4.74 Å². The predicted molar refractivity (Wildman–Crippen MR) is 70.6 cm³/mol. The van der Waals surface area contributed by atoms with Crippen LogP contribution in [0.4, 0.5) is 0 Å². The molecular weight excluding hydrogens is 258 g/mol. The van der Waals surface area contributed by atoms with E-state index in [0.29, 0.717) is 5.06 Å². The fourth-order valence-corrected chi connectivity index (χ4v) is 1.83. The smallest absolute Gasteiger partial charge is 0.335 e. The summed E-state index contributed by atoms with van der Waals surface area (Å²) in [5.74, 6) is -0.640. The minimum atomic E-state index is -0.713. The molecule has 1 N–H and O–H groups in total. The van der Waals surface area contributed by atoms with Gasteiger partial charge >= 0.3 is 5.97 Å². The molecule has 0 spiro atoms. The third-order valence-electron chi connectivity index (χ3n) is 2.00. The minimum absolute atomic E-state index is 0.174. The van der Waals surface area contributed by atoms with Crippen LogP contribution in [-0.4, -0.2) is 23.7 Å². The molecule has 0 radical (unpaired) electrons. The van der Waals surface area contributed by atoms with E-state index in [2.05, 4.69) is 17.9 Å². The highest BCUT2D eigenvalue weighted by Gasteiger charge is 2.22. The first-order valence-electron chi connectivity index (χ1n) is 5.21. The molecule has 0 saturated heterocycles. The van der Waals surface area contributed by atoms with Crippen LogP contribution >= 0.6 is 24.0 Å². The highest BCUT2D eigenvalue weighted by molar-refractivity contribution is 7.80. The van der Waals surface area contributed by atoms with Gasteiger partial charge in [0, 0.05) is 11.7 Å². The highest BCUT2D eigenvalue weighted by atomic mass is 32.1. The number of nitrogens with one attached hydrogen (secondary N) is 1. The van der Waals surface area contributed by atoms with Crippen molar-refractivity contribution in [2.24, 2.45) is 5.92 Å². The third-order valence-corrected chi connectivity index (χ3v) is 3.11. The molecule has 94 valence electrons. The first-order valence-corrected chi connectivity index (χ1v) is 6.72. The minimum Gasteiger partial charge on any atom is -0.414 e. The Morgan fingerprint density at radius 1 is 1.53 bits per heavy atom. The van der Waals surface area contributed by atoms with Crippen molar-refractivity contribution in [2.75, 3.05) is 5.75 Å². The summed E-state index contributed by atoms with van der Waals surface area (Å²) in [4.78, 5) is 23.2. The predicted octanol–water partition coefficient (Wildman–Crippen LogP) is 1.72. The molecule has 1 aromatic heterocycles. The van der Waals surface area contributed by atoms with E-state index in [-0.39, 0.29) is 17.6 Å². The van der Waals surface area contributed by atoms with Crippen LogP contribution in [0.15, 0.2) is 17.5 Å². The Labute approximate surface area is 110 Å². The summed E-state index contributed by atoms with van der Waals surface area (Å²) in [5, 5.41) is 4.92. The molecule has 0 unspecified atom stereocenters. The van der Waals surface area contributed by atoms with Crippen LogP contribution in [0.25, 0.3) is 0 Å². The van der Waals surface area contributed by atoms with Gasteiger partial charge in [-0.3, -0.25) is 4.79 Å². The molecule has 0 saturated carbocycles. The van der Waals surface area contributed by atoms with E-state index < -0.39 is 12.0 Å². The molecule has 0 aliphatic rings. The number of thiol groups is 1. The molecule has 6 heteroatoms. The van der Waals surface area contributed by atoms with Crippen molar-refractivity contribution in [1.82, 2.24) is 5.32 Å². The van der Waals surface area contributed by atoms with Gasteiger partial charge in [-0.25, -0.2) is 4.79 Å². The van der Waals surface area contributed by atoms with Crippen LogP contribution in [-0.2, 0) is 9.59 Å². The molecule has 0 aromatic carbocycles. The summed E-state index contributed by atoms with van der Waals surface area (Å²) in [5.41, 5.74) is 0. The van der Waals surface area contributed by atoms with Gasteiger partial charge in [0.2, 0.25) is 5.91 Å². The summed E-state index contributed by atoms with van der Waals surface area (Å²) in [6.07, 6.45) is 0. The number of ether oxygens (including phenoxy) is 1. The average molecular weight is 273 g/mol. The standard InChI is InChI=1S/C11H15NO3S2/c1-7(2)10(13)12-8(6-16)11(14)15-9-4-3-5-17-9/h3-5,7-8,16H,6H2,1-2H3,(H,12,13)/t8-/m0/s1. The van der Waals surface area contributed by atoms with Crippen molar-refractivity contribution in [1.29, 1.82) is 0 Å². The Hall–Kier alpha value is -1.01. The number of hydrogen-bond donors (Lipinski definition) is 2. The van der Waals surface area contributed by atoms with E-state index in [1.54, 1.807) is 26.0 Å². The van der Waals surface area contributed by atoms with Gasteiger partial charge < -0.3 is 10.1 Å². The van der Waals surface area contributed by atoms with Crippen LogP contribution in [0.2, 0.25) is 0 Å². The maximum atomic E-state index is 11.7. The van der Waals surface area contributed by atoms with Crippen LogP contribution in [0, 0.1) is 5.92 Å². The lowest BCUT2D eigenvalue weighted by atomic mass is 10.2. The fourth-order valence-electron chi connectivity index (χ4n) is 1.01. The Morgan fingerprint density at radius 3 is 2.71 bits per heavy atom. The zero-order valence-corrected chi connectivity index (χ0v) is 11.4. The lowest BCUT2D eigenvalue weighted by Crippen LogP contribution is -2.45. The Balaban J connectivity index is 2.55. The maximum absolute atomic E-state index is 11.7. The molecule has 0 fully saturated rings.